The van der Waals surface area contributed by atoms with E-state index in [2.05, 4.69) is 15.5 Å². The predicted octanol–water partition coefficient (Wildman–Crippen LogP) is 2.66. The van der Waals surface area contributed by atoms with E-state index in [1.165, 1.54) is 6.07 Å². The molecule has 0 radical (unpaired) electrons. The van der Waals surface area contributed by atoms with E-state index in [1.54, 1.807) is 18.5 Å². The van der Waals surface area contributed by atoms with Crippen molar-refractivity contribution in [1.29, 1.82) is 0 Å². The number of piperidine rings is 1. The van der Waals surface area contributed by atoms with Crippen LogP contribution in [0.3, 0.4) is 0 Å². The summed E-state index contributed by atoms with van der Waals surface area (Å²) in [5.41, 5.74) is 0.787. The molecule has 1 aromatic carbocycles. The molecule has 1 N–H and O–H groups in total. The summed E-state index contributed by atoms with van der Waals surface area (Å²) in [6.45, 7) is 1.95. The third-order valence-electron chi connectivity index (χ3n) is 3.42. The van der Waals surface area contributed by atoms with Crippen LogP contribution in [-0.2, 0) is 0 Å². The summed E-state index contributed by atoms with van der Waals surface area (Å²) in [5.74, 6) is 0.311. The second kappa shape index (κ2) is 5.27. The molecule has 19 heavy (non-hydrogen) atoms. The Morgan fingerprint density at radius 2 is 2.32 bits per heavy atom. The quantitative estimate of drug-likeness (QED) is 0.920. The van der Waals surface area contributed by atoms with Crippen LogP contribution in [0.25, 0.3) is 11.4 Å². The zero-order valence-corrected chi connectivity index (χ0v) is 11.1. The number of hydrogen-bond donors (Lipinski definition) is 1. The number of nitrogens with one attached hydrogen (secondary N) is 1. The molecule has 1 atom stereocenters. The Balaban J connectivity index is 1.96. The molecule has 100 valence electrons. The van der Waals surface area contributed by atoms with Crippen molar-refractivity contribution in [3.63, 3.8) is 0 Å². The molecule has 2 aromatic rings. The molecular formula is C13H14ClFN4. The van der Waals surface area contributed by atoms with Crippen LogP contribution in [0.2, 0.25) is 5.02 Å². The number of halogens is 2. The van der Waals surface area contributed by atoms with Crippen LogP contribution in [-0.4, -0.2) is 27.9 Å². The zero-order valence-electron chi connectivity index (χ0n) is 10.3. The van der Waals surface area contributed by atoms with Gasteiger partial charge in [-0.1, -0.05) is 11.6 Å². The highest BCUT2D eigenvalue weighted by Gasteiger charge is 2.19. The minimum Gasteiger partial charge on any atom is -0.315 e. The SMILES string of the molecule is Fc1ccc(-c2nncn2C2CCCNC2)cc1Cl. The van der Waals surface area contributed by atoms with Gasteiger partial charge < -0.3 is 9.88 Å². The van der Waals surface area contributed by atoms with Crippen LogP contribution in [0.4, 0.5) is 4.39 Å². The van der Waals surface area contributed by atoms with Gasteiger partial charge in [-0.05, 0) is 37.6 Å². The van der Waals surface area contributed by atoms with Gasteiger partial charge in [-0.15, -0.1) is 10.2 Å². The lowest BCUT2D eigenvalue weighted by Crippen LogP contribution is -2.31. The topological polar surface area (TPSA) is 42.7 Å². The first-order valence-electron chi connectivity index (χ1n) is 6.31. The van der Waals surface area contributed by atoms with Crippen LogP contribution < -0.4 is 5.32 Å². The van der Waals surface area contributed by atoms with Gasteiger partial charge in [0.2, 0.25) is 0 Å². The van der Waals surface area contributed by atoms with Gasteiger partial charge in [0, 0.05) is 18.2 Å². The highest BCUT2D eigenvalue weighted by Crippen LogP contribution is 2.27. The Morgan fingerprint density at radius 1 is 1.42 bits per heavy atom. The summed E-state index contributed by atoms with van der Waals surface area (Å²) in [7, 11) is 0. The summed E-state index contributed by atoms with van der Waals surface area (Å²) >= 11 is 5.82. The highest BCUT2D eigenvalue weighted by atomic mass is 35.5. The van der Waals surface area contributed by atoms with E-state index in [0.29, 0.717) is 6.04 Å². The van der Waals surface area contributed by atoms with Crippen molar-refractivity contribution in [1.82, 2.24) is 20.1 Å². The van der Waals surface area contributed by atoms with Crippen molar-refractivity contribution in [3.05, 3.63) is 35.4 Å². The summed E-state index contributed by atoms with van der Waals surface area (Å²) < 4.78 is 15.2. The summed E-state index contributed by atoms with van der Waals surface area (Å²) in [5, 5.41) is 11.6. The van der Waals surface area contributed by atoms with E-state index in [4.69, 9.17) is 11.6 Å². The van der Waals surface area contributed by atoms with E-state index in [0.717, 1.165) is 37.3 Å². The van der Waals surface area contributed by atoms with Gasteiger partial charge in [0.15, 0.2) is 5.82 Å². The Morgan fingerprint density at radius 3 is 3.05 bits per heavy atom. The van der Waals surface area contributed by atoms with Crippen LogP contribution >= 0.6 is 11.6 Å². The zero-order chi connectivity index (χ0) is 13.2. The molecule has 0 spiro atoms. The third kappa shape index (κ3) is 2.48. The Hall–Kier alpha value is -1.46. The van der Waals surface area contributed by atoms with E-state index >= 15 is 0 Å². The molecule has 0 bridgehead atoms. The first-order chi connectivity index (χ1) is 9.25. The van der Waals surface area contributed by atoms with Gasteiger partial charge in [-0.3, -0.25) is 0 Å². The van der Waals surface area contributed by atoms with Crippen molar-refractivity contribution >= 4 is 11.6 Å². The second-order valence-electron chi connectivity index (χ2n) is 4.69. The van der Waals surface area contributed by atoms with Crippen LogP contribution in [0.15, 0.2) is 24.5 Å². The summed E-state index contributed by atoms with van der Waals surface area (Å²) in [6, 6.07) is 4.96. The maximum absolute atomic E-state index is 13.2. The first kappa shape index (κ1) is 12.6. The standard InChI is InChI=1S/C13H14ClFN4/c14-11-6-9(3-4-12(11)15)13-18-17-8-19(13)10-2-1-5-16-7-10/h3-4,6,8,10,16H,1-2,5,7H2. The average Bonchev–Trinajstić information content (AvgIpc) is 2.92. The largest absolute Gasteiger partial charge is 0.315 e. The fourth-order valence-corrected chi connectivity index (χ4v) is 2.60. The fourth-order valence-electron chi connectivity index (χ4n) is 2.42. The van der Waals surface area contributed by atoms with Crippen molar-refractivity contribution in [2.75, 3.05) is 13.1 Å². The maximum Gasteiger partial charge on any atom is 0.164 e. The Kier molecular flexibility index (Phi) is 3.48. The molecule has 3 rings (SSSR count). The number of aromatic nitrogens is 3. The van der Waals surface area contributed by atoms with Crippen LogP contribution in [0.1, 0.15) is 18.9 Å². The first-order valence-corrected chi connectivity index (χ1v) is 6.69. The van der Waals surface area contributed by atoms with Gasteiger partial charge in [-0.25, -0.2) is 4.39 Å². The van der Waals surface area contributed by atoms with Crippen LogP contribution in [0.5, 0.6) is 0 Å². The lowest BCUT2D eigenvalue weighted by Gasteiger charge is -2.24. The van der Waals surface area contributed by atoms with Crippen molar-refractivity contribution in [2.45, 2.75) is 18.9 Å². The van der Waals surface area contributed by atoms with E-state index in [-0.39, 0.29) is 5.02 Å². The molecular weight excluding hydrogens is 267 g/mol. The fraction of sp³-hybridized carbons (Fsp3) is 0.385. The lowest BCUT2D eigenvalue weighted by molar-refractivity contribution is 0.373. The monoisotopic (exact) mass is 280 g/mol. The molecule has 0 aliphatic carbocycles. The number of benzene rings is 1. The smallest absolute Gasteiger partial charge is 0.164 e. The molecule has 6 heteroatoms. The molecule has 1 fully saturated rings. The normalized spacial score (nSPS) is 19.6. The molecule has 2 heterocycles. The molecule has 1 unspecified atom stereocenters. The number of rotatable bonds is 2. The molecule has 1 aliphatic rings. The number of hydrogen-bond acceptors (Lipinski definition) is 3. The lowest BCUT2D eigenvalue weighted by atomic mass is 10.1. The van der Waals surface area contributed by atoms with Crippen LogP contribution in [0, 0.1) is 5.82 Å². The van der Waals surface area contributed by atoms with Gasteiger partial charge in [-0.2, -0.15) is 0 Å². The maximum atomic E-state index is 13.2. The van der Waals surface area contributed by atoms with E-state index in [1.807, 2.05) is 4.57 Å². The van der Waals surface area contributed by atoms with Crippen molar-refractivity contribution < 1.29 is 4.39 Å². The van der Waals surface area contributed by atoms with E-state index < -0.39 is 5.82 Å². The van der Waals surface area contributed by atoms with Gasteiger partial charge in [0.05, 0.1) is 5.02 Å². The van der Waals surface area contributed by atoms with Crippen molar-refractivity contribution in [3.8, 4) is 11.4 Å². The van der Waals surface area contributed by atoms with Crippen molar-refractivity contribution in [2.24, 2.45) is 0 Å². The minimum absolute atomic E-state index is 0.105. The summed E-state index contributed by atoms with van der Waals surface area (Å²) in [4.78, 5) is 0. The van der Waals surface area contributed by atoms with Gasteiger partial charge >= 0.3 is 0 Å². The molecule has 1 saturated heterocycles. The summed E-state index contributed by atoms with van der Waals surface area (Å²) in [6.07, 6.45) is 3.95. The molecule has 0 saturated carbocycles. The predicted molar refractivity (Wildman–Crippen MR) is 71.6 cm³/mol. The minimum atomic E-state index is -0.421. The second-order valence-corrected chi connectivity index (χ2v) is 5.10. The van der Waals surface area contributed by atoms with E-state index in [9.17, 15) is 4.39 Å². The molecule has 4 nitrogen and oxygen atoms in total. The van der Waals surface area contributed by atoms with Gasteiger partial charge in [0.25, 0.3) is 0 Å². The molecule has 0 amide bonds. The molecule has 1 aliphatic heterocycles. The Bertz CT molecular complexity index is 578. The average molecular weight is 281 g/mol. The molecule has 1 aromatic heterocycles. The highest BCUT2D eigenvalue weighted by molar-refractivity contribution is 6.31. The van der Waals surface area contributed by atoms with Gasteiger partial charge in [0.1, 0.15) is 12.1 Å². The Labute approximate surface area is 115 Å². The number of nitrogens with zero attached hydrogens (tertiary/aromatic N) is 3. The third-order valence-corrected chi connectivity index (χ3v) is 3.70.